The molecule has 2 atom stereocenters. The van der Waals surface area contributed by atoms with E-state index in [-0.39, 0.29) is 0 Å². The molecule has 0 aliphatic heterocycles. The molecule has 0 saturated heterocycles. The second-order valence-electron chi connectivity index (χ2n) is 5.20. The van der Waals surface area contributed by atoms with Crippen LogP contribution in [0.25, 0.3) is 11.1 Å². The lowest BCUT2D eigenvalue weighted by Gasteiger charge is -2.32. The van der Waals surface area contributed by atoms with Crippen LogP contribution in [0.2, 0.25) is 0 Å². The van der Waals surface area contributed by atoms with Crippen LogP contribution in [0, 0.1) is 11.8 Å². The van der Waals surface area contributed by atoms with Crippen LogP contribution in [-0.2, 0) is 0 Å². The highest BCUT2D eigenvalue weighted by Gasteiger charge is 2.27. The van der Waals surface area contributed by atoms with Crippen molar-refractivity contribution in [3.8, 4) is 0 Å². The van der Waals surface area contributed by atoms with E-state index in [1.807, 2.05) is 0 Å². The van der Waals surface area contributed by atoms with Gasteiger partial charge in [-0.1, -0.05) is 55.0 Å². The quantitative estimate of drug-likeness (QED) is 0.633. The van der Waals surface area contributed by atoms with Crippen molar-refractivity contribution in [3.63, 3.8) is 0 Å². The number of benzene rings is 1. The van der Waals surface area contributed by atoms with E-state index in [1.165, 1.54) is 27.2 Å². The smallest absolute Gasteiger partial charge is 0.0118 e. The molecule has 0 saturated carbocycles. The van der Waals surface area contributed by atoms with Crippen LogP contribution in [0.5, 0.6) is 0 Å². The lowest BCUT2D eigenvalue weighted by molar-refractivity contribution is 0.593. The Kier molecular flexibility index (Phi) is 2.32. The van der Waals surface area contributed by atoms with Crippen LogP contribution >= 0.6 is 0 Å². The predicted octanol–water partition coefficient (Wildman–Crippen LogP) is 2.79. The van der Waals surface area contributed by atoms with Gasteiger partial charge in [0.1, 0.15) is 0 Å². The number of allylic oxidation sites excluding steroid dienone is 4. The molecule has 86 valence electrons. The Labute approximate surface area is 103 Å². The summed E-state index contributed by atoms with van der Waals surface area (Å²) in [7, 11) is 0. The first-order valence-electron chi connectivity index (χ1n) is 6.35. The highest BCUT2D eigenvalue weighted by atomic mass is 14.3. The zero-order valence-corrected chi connectivity index (χ0v) is 10.7. The fourth-order valence-corrected chi connectivity index (χ4v) is 3.30. The van der Waals surface area contributed by atoms with E-state index in [2.05, 4.69) is 63.3 Å². The van der Waals surface area contributed by atoms with E-state index in [0.29, 0.717) is 11.8 Å². The third kappa shape index (κ3) is 1.44. The summed E-state index contributed by atoms with van der Waals surface area (Å²) >= 11 is 0. The van der Waals surface area contributed by atoms with Crippen molar-refractivity contribution in [3.05, 3.63) is 58.5 Å². The summed E-state index contributed by atoms with van der Waals surface area (Å²) in [6, 6.07) is 8.79. The largest absolute Gasteiger partial charge is 0.0808 e. The Bertz CT molecular complexity index is 641. The van der Waals surface area contributed by atoms with Crippen molar-refractivity contribution in [2.75, 3.05) is 0 Å². The van der Waals surface area contributed by atoms with Crippen molar-refractivity contribution in [1.82, 2.24) is 0 Å². The van der Waals surface area contributed by atoms with Crippen LogP contribution in [0.15, 0.2) is 48.1 Å². The van der Waals surface area contributed by atoms with Gasteiger partial charge in [0, 0.05) is 5.92 Å². The summed E-state index contributed by atoms with van der Waals surface area (Å²) in [5.41, 5.74) is 4.48. The molecule has 0 radical (unpaired) electrons. The van der Waals surface area contributed by atoms with Gasteiger partial charge in [-0.3, -0.25) is 0 Å². The van der Waals surface area contributed by atoms with Gasteiger partial charge in [-0.25, -0.2) is 0 Å². The molecule has 0 bridgehead atoms. The molecule has 2 aliphatic rings. The van der Waals surface area contributed by atoms with E-state index >= 15 is 0 Å². The van der Waals surface area contributed by atoms with Gasteiger partial charge < -0.3 is 0 Å². The van der Waals surface area contributed by atoms with Gasteiger partial charge in [0.15, 0.2) is 0 Å². The number of hydrogen-bond donors (Lipinski definition) is 0. The molecule has 1 aromatic rings. The summed E-state index contributed by atoms with van der Waals surface area (Å²) in [5, 5.41) is 2.85. The van der Waals surface area contributed by atoms with Crippen LogP contribution < -0.4 is 10.4 Å². The van der Waals surface area contributed by atoms with Gasteiger partial charge in [0.25, 0.3) is 0 Å². The number of hydrogen-bond acceptors (Lipinski definition) is 0. The van der Waals surface area contributed by atoms with Gasteiger partial charge in [-0.05, 0) is 41.3 Å². The van der Waals surface area contributed by atoms with Crippen molar-refractivity contribution in [1.29, 1.82) is 0 Å². The van der Waals surface area contributed by atoms with Gasteiger partial charge >= 0.3 is 0 Å². The zero-order chi connectivity index (χ0) is 12.0. The normalized spacial score (nSPS) is 26.4. The number of fused-ring (bicyclic) bond motifs is 2. The van der Waals surface area contributed by atoms with Gasteiger partial charge in [-0.2, -0.15) is 0 Å². The first-order valence-corrected chi connectivity index (χ1v) is 6.35. The monoisotopic (exact) mass is 222 g/mol. The molecule has 0 aromatic heterocycles. The average molecular weight is 222 g/mol. The summed E-state index contributed by atoms with van der Waals surface area (Å²) in [6.07, 6.45) is 6.82. The van der Waals surface area contributed by atoms with Crippen LogP contribution in [0.4, 0.5) is 0 Å². The molecule has 2 aliphatic carbocycles. The van der Waals surface area contributed by atoms with Gasteiger partial charge in [0.2, 0.25) is 0 Å². The molecule has 1 unspecified atom stereocenters. The Morgan fingerprint density at radius 2 is 1.71 bits per heavy atom. The van der Waals surface area contributed by atoms with Crippen LogP contribution in [-0.4, -0.2) is 0 Å². The summed E-state index contributed by atoms with van der Waals surface area (Å²) < 4.78 is 0. The highest BCUT2D eigenvalue weighted by Crippen LogP contribution is 2.37. The molecule has 17 heavy (non-hydrogen) atoms. The standard InChI is InChI=1S/C17H18/c1-11-7-6-10-16-12(2)14-8-4-5-9-15(14)13(3)17(11)16/h4-11,17H,1-3H3/t11?,17-/m0/s1. The minimum atomic E-state index is 0.579. The Hall–Kier alpha value is -1.56. The summed E-state index contributed by atoms with van der Waals surface area (Å²) in [4.78, 5) is 0. The maximum atomic E-state index is 2.32. The Balaban J connectivity index is 2.43. The molecule has 0 spiro atoms. The Morgan fingerprint density at radius 3 is 2.47 bits per heavy atom. The minimum absolute atomic E-state index is 0.579. The molecule has 0 fully saturated rings. The SMILES string of the molecule is CC1=c2ccccc2=C(C)[C@H]2C1=CC=CC2C. The zero-order valence-electron chi connectivity index (χ0n) is 10.7. The first kappa shape index (κ1) is 10.6. The predicted molar refractivity (Wildman–Crippen MR) is 73.7 cm³/mol. The molecular formula is C17H18. The topological polar surface area (TPSA) is 0 Å². The highest BCUT2D eigenvalue weighted by molar-refractivity contribution is 5.74. The second-order valence-corrected chi connectivity index (χ2v) is 5.20. The lowest BCUT2D eigenvalue weighted by Crippen LogP contribution is -2.37. The van der Waals surface area contributed by atoms with Crippen LogP contribution in [0.3, 0.4) is 0 Å². The molecule has 0 nitrogen and oxygen atoms in total. The minimum Gasteiger partial charge on any atom is -0.0808 e. The maximum absolute atomic E-state index is 2.32. The maximum Gasteiger partial charge on any atom is 0.0118 e. The molecule has 3 rings (SSSR count). The van der Waals surface area contributed by atoms with E-state index < -0.39 is 0 Å². The van der Waals surface area contributed by atoms with E-state index in [1.54, 1.807) is 0 Å². The van der Waals surface area contributed by atoms with Gasteiger partial charge in [0.05, 0.1) is 0 Å². The molecule has 0 heterocycles. The average Bonchev–Trinajstić information content (AvgIpc) is 2.36. The van der Waals surface area contributed by atoms with Crippen molar-refractivity contribution < 1.29 is 0 Å². The third-order valence-electron chi connectivity index (χ3n) is 4.21. The summed E-state index contributed by atoms with van der Waals surface area (Å²) in [6.45, 7) is 6.87. The molecule has 0 N–H and O–H groups in total. The van der Waals surface area contributed by atoms with E-state index in [4.69, 9.17) is 0 Å². The van der Waals surface area contributed by atoms with Gasteiger partial charge in [-0.15, -0.1) is 0 Å². The second kappa shape index (κ2) is 3.73. The third-order valence-corrected chi connectivity index (χ3v) is 4.21. The molecular weight excluding hydrogens is 204 g/mol. The fraction of sp³-hybridized carbons (Fsp3) is 0.294. The van der Waals surface area contributed by atoms with E-state index in [9.17, 15) is 0 Å². The number of rotatable bonds is 0. The summed E-state index contributed by atoms with van der Waals surface area (Å²) in [5.74, 6) is 1.19. The Morgan fingerprint density at radius 1 is 1.00 bits per heavy atom. The molecule has 0 heteroatoms. The first-order chi connectivity index (χ1) is 8.20. The van der Waals surface area contributed by atoms with Crippen LogP contribution in [0.1, 0.15) is 20.8 Å². The molecule has 1 aromatic carbocycles. The van der Waals surface area contributed by atoms with Crippen molar-refractivity contribution in [2.24, 2.45) is 11.8 Å². The van der Waals surface area contributed by atoms with Crippen molar-refractivity contribution in [2.45, 2.75) is 20.8 Å². The van der Waals surface area contributed by atoms with Crippen molar-refractivity contribution >= 4 is 11.1 Å². The molecule has 0 amide bonds. The van der Waals surface area contributed by atoms with E-state index in [0.717, 1.165) is 0 Å². The fourth-order valence-electron chi connectivity index (χ4n) is 3.30. The lowest BCUT2D eigenvalue weighted by atomic mass is 9.72.